The minimum atomic E-state index is -0.643. The summed E-state index contributed by atoms with van der Waals surface area (Å²) in [5.41, 5.74) is 4.99. The Bertz CT molecular complexity index is 1480. The van der Waals surface area contributed by atoms with Crippen LogP contribution in [-0.2, 0) is 0 Å². The number of hydrogen-bond acceptors (Lipinski definition) is 5. The van der Waals surface area contributed by atoms with E-state index in [9.17, 15) is 9.59 Å². The number of aromatic nitrogens is 4. The van der Waals surface area contributed by atoms with Crippen LogP contribution in [0.1, 0.15) is 15.9 Å². The molecule has 0 saturated heterocycles. The van der Waals surface area contributed by atoms with E-state index in [1.54, 1.807) is 35.1 Å². The molecule has 0 fully saturated rings. The molecule has 0 aliphatic rings. The Morgan fingerprint density at radius 3 is 2.45 bits per heavy atom. The quantitative estimate of drug-likeness (QED) is 0.423. The van der Waals surface area contributed by atoms with E-state index in [4.69, 9.17) is 5.10 Å². The first-order valence-corrected chi connectivity index (χ1v) is 10.3. The number of hydrogen-bond donors (Lipinski definition) is 2. The standard InChI is InChI=1S/C25H19N5O3/c1-16-10-12-20(13-11-16)30-15-21(22(28-30)17-6-3-2-4-7-17)24(31)26-19-9-5-8-18(14-19)23-27-25(32)33-29-23/h2-15H,1H3,(H,26,31)(H,27,29,32). The van der Waals surface area contributed by atoms with Crippen LogP contribution in [0.4, 0.5) is 5.69 Å². The molecule has 2 heterocycles. The average molecular weight is 437 g/mol. The number of rotatable bonds is 5. The summed E-state index contributed by atoms with van der Waals surface area (Å²) < 4.78 is 6.27. The van der Waals surface area contributed by atoms with Gasteiger partial charge in [0.25, 0.3) is 5.91 Å². The Hall–Kier alpha value is -4.72. The highest BCUT2D eigenvalue weighted by Crippen LogP contribution is 2.26. The highest BCUT2D eigenvalue weighted by atomic mass is 16.5. The van der Waals surface area contributed by atoms with Gasteiger partial charge in [-0.1, -0.05) is 65.3 Å². The van der Waals surface area contributed by atoms with Crippen LogP contribution in [-0.4, -0.2) is 25.8 Å². The molecule has 0 bridgehead atoms. The molecule has 0 unspecified atom stereocenters. The van der Waals surface area contributed by atoms with E-state index in [1.807, 2.05) is 61.5 Å². The van der Waals surface area contributed by atoms with Crippen LogP contribution in [0, 0.1) is 6.92 Å². The van der Waals surface area contributed by atoms with Crippen molar-refractivity contribution >= 4 is 11.6 Å². The first-order valence-electron chi connectivity index (χ1n) is 10.3. The molecule has 5 aromatic rings. The van der Waals surface area contributed by atoms with Crippen molar-refractivity contribution in [2.45, 2.75) is 6.92 Å². The lowest BCUT2D eigenvalue weighted by atomic mass is 10.1. The van der Waals surface area contributed by atoms with E-state index in [0.717, 1.165) is 16.8 Å². The predicted octanol–water partition coefficient (Wildman–Crippen LogP) is 4.44. The number of amides is 1. The first kappa shape index (κ1) is 20.2. The molecule has 0 radical (unpaired) electrons. The predicted molar refractivity (Wildman–Crippen MR) is 124 cm³/mol. The summed E-state index contributed by atoms with van der Waals surface area (Å²) in [5.74, 6) is -0.665. The van der Waals surface area contributed by atoms with Gasteiger partial charge in [0.2, 0.25) is 0 Å². The molecule has 8 heteroatoms. The van der Waals surface area contributed by atoms with Crippen LogP contribution in [0.5, 0.6) is 0 Å². The Kier molecular flexibility index (Phi) is 5.16. The fourth-order valence-corrected chi connectivity index (χ4v) is 3.48. The zero-order chi connectivity index (χ0) is 22.8. The van der Waals surface area contributed by atoms with Gasteiger partial charge in [-0.05, 0) is 31.2 Å². The number of carbonyl (C=O) groups is 1. The van der Waals surface area contributed by atoms with Crippen molar-refractivity contribution in [3.63, 3.8) is 0 Å². The first-order chi connectivity index (χ1) is 16.1. The SMILES string of the molecule is Cc1ccc(-n2cc(C(=O)Nc3cccc(-c4noc(=O)[nH]4)c3)c(-c3ccccc3)n2)cc1. The van der Waals surface area contributed by atoms with Crippen LogP contribution in [0.25, 0.3) is 28.3 Å². The second kappa shape index (κ2) is 8.43. The van der Waals surface area contributed by atoms with E-state index in [1.165, 1.54) is 0 Å². The second-order valence-corrected chi connectivity index (χ2v) is 7.52. The molecular weight excluding hydrogens is 418 g/mol. The number of benzene rings is 3. The maximum absolute atomic E-state index is 13.3. The lowest BCUT2D eigenvalue weighted by molar-refractivity contribution is 0.102. The number of carbonyl (C=O) groups excluding carboxylic acids is 1. The Morgan fingerprint density at radius 1 is 0.970 bits per heavy atom. The molecule has 5 rings (SSSR count). The summed E-state index contributed by atoms with van der Waals surface area (Å²) in [5, 5.41) is 11.3. The van der Waals surface area contributed by atoms with E-state index in [2.05, 4.69) is 20.0 Å². The average Bonchev–Trinajstić information content (AvgIpc) is 3.47. The molecule has 0 saturated carbocycles. The maximum Gasteiger partial charge on any atom is 0.439 e. The number of H-pyrrole nitrogens is 1. The summed E-state index contributed by atoms with van der Waals surface area (Å²) >= 11 is 0. The maximum atomic E-state index is 13.3. The molecule has 0 aliphatic carbocycles. The summed E-state index contributed by atoms with van der Waals surface area (Å²) in [7, 11) is 0. The second-order valence-electron chi connectivity index (χ2n) is 7.52. The summed E-state index contributed by atoms with van der Waals surface area (Å²) in [6.07, 6.45) is 1.72. The summed E-state index contributed by atoms with van der Waals surface area (Å²) in [6.45, 7) is 2.02. The van der Waals surface area contributed by atoms with Gasteiger partial charge >= 0.3 is 5.76 Å². The van der Waals surface area contributed by atoms with Crippen LogP contribution in [0.3, 0.4) is 0 Å². The lowest BCUT2D eigenvalue weighted by Gasteiger charge is -2.06. The number of nitrogens with zero attached hydrogens (tertiary/aromatic N) is 3. The molecule has 2 N–H and O–H groups in total. The fraction of sp³-hybridized carbons (Fsp3) is 0.0400. The van der Waals surface area contributed by atoms with Crippen LogP contribution >= 0.6 is 0 Å². The van der Waals surface area contributed by atoms with Crippen LogP contribution in [0.15, 0.2) is 94.4 Å². The molecule has 0 atom stereocenters. The van der Waals surface area contributed by atoms with Crippen molar-refractivity contribution < 1.29 is 9.32 Å². The van der Waals surface area contributed by atoms with Crippen molar-refractivity contribution in [3.05, 3.63) is 107 Å². The molecule has 0 spiro atoms. The molecule has 162 valence electrons. The van der Waals surface area contributed by atoms with Gasteiger partial charge in [0, 0.05) is 23.0 Å². The van der Waals surface area contributed by atoms with E-state index in [-0.39, 0.29) is 11.7 Å². The number of aromatic amines is 1. The molecule has 1 amide bonds. The largest absolute Gasteiger partial charge is 0.439 e. The van der Waals surface area contributed by atoms with Gasteiger partial charge < -0.3 is 5.32 Å². The van der Waals surface area contributed by atoms with Crippen molar-refractivity contribution in [2.75, 3.05) is 5.32 Å². The molecule has 0 aliphatic heterocycles. The minimum absolute atomic E-state index is 0.285. The molecule has 8 nitrogen and oxygen atoms in total. The Labute approximate surface area is 188 Å². The highest BCUT2D eigenvalue weighted by molar-refractivity contribution is 6.08. The van der Waals surface area contributed by atoms with Crippen LogP contribution in [0.2, 0.25) is 0 Å². The Morgan fingerprint density at radius 2 is 1.73 bits per heavy atom. The third-order valence-electron chi connectivity index (χ3n) is 5.14. The van der Waals surface area contributed by atoms with E-state index in [0.29, 0.717) is 22.5 Å². The van der Waals surface area contributed by atoms with Crippen LogP contribution < -0.4 is 11.1 Å². The normalized spacial score (nSPS) is 10.8. The minimum Gasteiger partial charge on any atom is -0.322 e. The molecule has 2 aromatic heterocycles. The van der Waals surface area contributed by atoms with Gasteiger partial charge in [-0.15, -0.1) is 0 Å². The van der Waals surface area contributed by atoms with Gasteiger partial charge in [0.15, 0.2) is 5.82 Å². The van der Waals surface area contributed by atoms with Gasteiger partial charge in [0.05, 0.1) is 11.3 Å². The molecule has 33 heavy (non-hydrogen) atoms. The zero-order valence-electron chi connectivity index (χ0n) is 17.6. The molecule has 3 aromatic carbocycles. The van der Waals surface area contributed by atoms with Crippen molar-refractivity contribution in [3.8, 4) is 28.3 Å². The third-order valence-corrected chi connectivity index (χ3v) is 5.14. The van der Waals surface area contributed by atoms with Gasteiger partial charge in [0.1, 0.15) is 5.69 Å². The monoisotopic (exact) mass is 437 g/mol. The lowest BCUT2D eigenvalue weighted by Crippen LogP contribution is -2.12. The van der Waals surface area contributed by atoms with Crippen molar-refractivity contribution in [1.29, 1.82) is 0 Å². The third kappa shape index (κ3) is 4.22. The van der Waals surface area contributed by atoms with Crippen molar-refractivity contribution in [1.82, 2.24) is 19.9 Å². The summed E-state index contributed by atoms with van der Waals surface area (Å²) in [4.78, 5) is 27.1. The summed E-state index contributed by atoms with van der Waals surface area (Å²) in [6, 6.07) is 24.5. The van der Waals surface area contributed by atoms with Gasteiger partial charge in [-0.2, -0.15) is 5.10 Å². The number of nitrogens with one attached hydrogen (secondary N) is 2. The van der Waals surface area contributed by atoms with Crippen molar-refractivity contribution in [2.24, 2.45) is 0 Å². The number of aryl methyl sites for hydroxylation is 1. The highest BCUT2D eigenvalue weighted by Gasteiger charge is 2.19. The van der Waals surface area contributed by atoms with Gasteiger partial charge in [-0.3, -0.25) is 14.3 Å². The smallest absolute Gasteiger partial charge is 0.322 e. The van der Waals surface area contributed by atoms with E-state index < -0.39 is 5.76 Å². The van der Waals surface area contributed by atoms with Gasteiger partial charge in [-0.25, -0.2) is 9.48 Å². The Balaban J connectivity index is 1.51. The van der Waals surface area contributed by atoms with E-state index >= 15 is 0 Å². The fourth-order valence-electron chi connectivity index (χ4n) is 3.48. The topological polar surface area (TPSA) is 106 Å². The molecular formula is C25H19N5O3. The number of anilines is 1. The zero-order valence-corrected chi connectivity index (χ0v) is 17.6.